The largest absolute Gasteiger partial charge is 0.0528 e. The number of fused-ring (bicyclic) bond motifs is 32. The minimum Gasteiger partial charge on any atom is -0.0528 e. The topological polar surface area (TPSA) is 0 Å². The van der Waals surface area contributed by atoms with E-state index in [4.69, 9.17) is 0 Å². The molecule has 59 heavy (non-hydrogen) atoms. The Morgan fingerprint density at radius 3 is 0.932 bits per heavy atom. The summed E-state index contributed by atoms with van der Waals surface area (Å²) in [6.07, 6.45) is 49.9. The van der Waals surface area contributed by atoms with Crippen LogP contribution in [0.3, 0.4) is 0 Å². The molecule has 22 atom stereocenters. The van der Waals surface area contributed by atoms with E-state index in [-0.39, 0.29) is 0 Å². The second-order valence-corrected chi connectivity index (χ2v) is 28.3. The van der Waals surface area contributed by atoms with Gasteiger partial charge in [-0.15, -0.1) is 0 Å². The van der Waals surface area contributed by atoms with Crippen molar-refractivity contribution in [3.05, 3.63) is 0 Å². The number of hydrogen-bond donors (Lipinski definition) is 0. The summed E-state index contributed by atoms with van der Waals surface area (Å²) < 4.78 is 0. The second kappa shape index (κ2) is 14.2. The van der Waals surface area contributed by atoms with Crippen LogP contribution in [0.4, 0.5) is 0 Å². The predicted octanol–water partition coefficient (Wildman–Crippen LogP) is 15.5. The molecule has 20 aliphatic carbocycles. The van der Waals surface area contributed by atoms with E-state index in [9.17, 15) is 0 Å². The van der Waals surface area contributed by atoms with Crippen LogP contribution in [0, 0.1) is 166 Å². The van der Waals surface area contributed by atoms with Gasteiger partial charge >= 0.3 is 0 Å². The highest BCUT2D eigenvalue weighted by atomic mass is 14.7. The van der Waals surface area contributed by atoms with Gasteiger partial charge in [0, 0.05) is 0 Å². The van der Waals surface area contributed by atoms with Crippen molar-refractivity contribution in [3.8, 4) is 0 Å². The Kier molecular flexibility index (Phi) is 8.99. The fraction of sp³-hybridized carbons (Fsp3) is 1.00. The molecule has 0 aromatic carbocycles. The maximum atomic E-state index is 1.70. The standard InChI is InChI=1S/C17H24.C15H22.C10H16.C9H14.C8H14/c1-2-9-5-8(1)14-12-7-13(15(9)14)17-11-4-3-10(6-11)16(12)17;1-2-10-11(3-1)13-7-12(10)14-8-4-5-9(6-8)15(13)14;1-4-10-8-2-3-9(10)6-7(1)5-8;1-2-8-4-6-3-7(1)9(8)5-6;1-2-7-4-5-8(3-1)6-7/h8-17H,1-7H2;8-15H,1-7H2;7-10H,1-6H2;6-9H,1-5H2;7-8H,1-6H2. The van der Waals surface area contributed by atoms with Gasteiger partial charge in [0.05, 0.1) is 0 Å². The van der Waals surface area contributed by atoms with Crippen LogP contribution in [0.1, 0.15) is 199 Å². The summed E-state index contributed by atoms with van der Waals surface area (Å²) in [5.74, 6) is 34.0. The molecule has 0 radical (unpaired) electrons. The number of hydrogen-bond acceptors (Lipinski definition) is 0. The lowest BCUT2D eigenvalue weighted by Crippen LogP contribution is -2.40. The molecule has 0 saturated heterocycles. The monoisotopic (exact) mass is 799 g/mol. The van der Waals surface area contributed by atoms with Gasteiger partial charge in [-0.25, -0.2) is 0 Å². The van der Waals surface area contributed by atoms with Crippen molar-refractivity contribution in [1.82, 2.24) is 0 Å². The molecule has 0 heteroatoms. The molecule has 0 aliphatic heterocycles. The molecule has 18 bridgehead atoms. The average Bonchev–Trinajstić information content (AvgIpc) is 4.10. The minimum absolute atomic E-state index is 1.16. The minimum atomic E-state index is 1.16. The highest BCUT2D eigenvalue weighted by Gasteiger charge is 2.70. The molecular weight excluding hydrogens is 709 g/mol. The van der Waals surface area contributed by atoms with E-state index >= 15 is 0 Å². The molecule has 20 saturated carbocycles. The van der Waals surface area contributed by atoms with Crippen LogP contribution >= 0.6 is 0 Å². The van der Waals surface area contributed by atoms with E-state index in [0.29, 0.717) is 0 Å². The smallest absolute Gasteiger partial charge is 0.0321 e. The Hall–Kier alpha value is 0. The molecule has 0 N–H and O–H groups in total. The summed E-state index contributed by atoms with van der Waals surface area (Å²) in [6, 6.07) is 0. The molecule has 0 nitrogen and oxygen atoms in total. The Labute approximate surface area is 363 Å². The first-order valence-corrected chi connectivity index (χ1v) is 29.2. The van der Waals surface area contributed by atoms with Crippen molar-refractivity contribution in [3.63, 3.8) is 0 Å². The summed E-state index contributed by atoms with van der Waals surface area (Å²) in [6.45, 7) is 0. The van der Waals surface area contributed by atoms with E-state index < -0.39 is 0 Å². The van der Waals surface area contributed by atoms with Crippen LogP contribution in [0.25, 0.3) is 0 Å². The van der Waals surface area contributed by atoms with Crippen molar-refractivity contribution in [2.75, 3.05) is 0 Å². The second-order valence-electron chi connectivity index (χ2n) is 28.3. The molecular formula is C59H90. The van der Waals surface area contributed by atoms with Crippen LogP contribution in [-0.2, 0) is 0 Å². The number of rotatable bonds is 0. The fourth-order valence-corrected chi connectivity index (χ4v) is 26.1. The normalized spacial score (nSPS) is 63.9. The van der Waals surface area contributed by atoms with Gasteiger partial charge in [0.25, 0.3) is 0 Å². The molecule has 0 aromatic heterocycles. The molecule has 326 valence electrons. The van der Waals surface area contributed by atoms with Crippen LogP contribution in [0.5, 0.6) is 0 Å². The summed E-state index contributed by atoms with van der Waals surface area (Å²) >= 11 is 0. The van der Waals surface area contributed by atoms with Gasteiger partial charge in [0.15, 0.2) is 0 Å². The summed E-state index contributed by atoms with van der Waals surface area (Å²) in [5, 5.41) is 0. The van der Waals surface area contributed by atoms with Crippen molar-refractivity contribution in [1.29, 1.82) is 0 Å². The zero-order valence-corrected chi connectivity index (χ0v) is 38.1. The molecule has 20 aliphatic rings. The Balaban J connectivity index is 0.0000000729. The third-order valence-corrected chi connectivity index (χ3v) is 27.1. The van der Waals surface area contributed by atoms with E-state index in [1.807, 2.05) is 0 Å². The third-order valence-electron chi connectivity index (χ3n) is 27.1. The van der Waals surface area contributed by atoms with Crippen LogP contribution in [-0.4, -0.2) is 0 Å². The van der Waals surface area contributed by atoms with Crippen molar-refractivity contribution >= 4 is 0 Å². The average molecular weight is 799 g/mol. The van der Waals surface area contributed by atoms with Gasteiger partial charge in [0.2, 0.25) is 0 Å². The highest BCUT2D eigenvalue weighted by molar-refractivity contribution is 5.19. The fourth-order valence-electron chi connectivity index (χ4n) is 26.1. The molecule has 0 heterocycles. The first kappa shape index (κ1) is 37.2. The third kappa shape index (κ3) is 5.68. The van der Waals surface area contributed by atoms with Crippen molar-refractivity contribution in [2.24, 2.45) is 166 Å². The zero-order chi connectivity index (χ0) is 38.1. The molecule has 20 fully saturated rings. The van der Waals surface area contributed by atoms with Gasteiger partial charge in [-0.05, 0) is 320 Å². The molecule has 22 unspecified atom stereocenters. The maximum Gasteiger partial charge on any atom is -0.0321 e. The molecule has 0 spiro atoms. The Morgan fingerprint density at radius 1 is 0.153 bits per heavy atom. The van der Waals surface area contributed by atoms with Gasteiger partial charge in [0.1, 0.15) is 0 Å². The van der Waals surface area contributed by atoms with E-state index in [1.165, 1.54) is 160 Å². The first-order chi connectivity index (χ1) is 29.2. The maximum absolute atomic E-state index is 1.70. The lowest BCUT2D eigenvalue weighted by molar-refractivity contribution is 0.0263. The van der Waals surface area contributed by atoms with Crippen molar-refractivity contribution < 1.29 is 0 Å². The Bertz CT molecular complexity index is 1430. The SMILES string of the molecule is C1CC2C(C1)C1CC2C2C3CCC(C3)C12.C1CC2C3CCC2CC1C3.C1CC2CC1C1C3CC(C21)C1C2CCC(C2)C31.C1CC2CC3CC1C2C3.C1CC2CCC(C1)C2. The van der Waals surface area contributed by atoms with Gasteiger partial charge in [-0.3, -0.25) is 0 Å². The predicted molar refractivity (Wildman–Crippen MR) is 241 cm³/mol. The van der Waals surface area contributed by atoms with Gasteiger partial charge in [-0.2, -0.15) is 0 Å². The first-order valence-electron chi connectivity index (χ1n) is 29.2. The van der Waals surface area contributed by atoms with Crippen molar-refractivity contribution in [2.45, 2.75) is 199 Å². The molecule has 20 rings (SSSR count). The zero-order valence-electron chi connectivity index (χ0n) is 38.1. The quantitative estimate of drug-likeness (QED) is 0.214. The van der Waals surface area contributed by atoms with Crippen LogP contribution < -0.4 is 0 Å². The molecule has 0 aromatic rings. The van der Waals surface area contributed by atoms with E-state index in [1.54, 1.807) is 193 Å². The molecule has 0 amide bonds. The van der Waals surface area contributed by atoms with E-state index in [0.717, 1.165) is 11.8 Å². The summed E-state index contributed by atoms with van der Waals surface area (Å²) in [5.41, 5.74) is 0. The Morgan fingerprint density at radius 2 is 0.525 bits per heavy atom. The van der Waals surface area contributed by atoms with Gasteiger partial charge < -0.3 is 0 Å². The van der Waals surface area contributed by atoms with Gasteiger partial charge in [-0.1, -0.05) is 44.9 Å². The highest BCUT2D eigenvalue weighted by Crippen LogP contribution is 2.77. The summed E-state index contributed by atoms with van der Waals surface area (Å²) in [4.78, 5) is 0. The van der Waals surface area contributed by atoms with Crippen LogP contribution in [0.15, 0.2) is 0 Å². The summed E-state index contributed by atoms with van der Waals surface area (Å²) in [7, 11) is 0. The van der Waals surface area contributed by atoms with Crippen LogP contribution in [0.2, 0.25) is 0 Å². The van der Waals surface area contributed by atoms with E-state index in [2.05, 4.69) is 0 Å². The lowest BCUT2D eigenvalue weighted by atomic mass is 9.60. The lowest BCUT2D eigenvalue weighted by Gasteiger charge is -2.45.